The molecule has 0 radical (unpaired) electrons. The Morgan fingerprint density at radius 2 is 2.11 bits per heavy atom. The van der Waals surface area contributed by atoms with Crippen LogP contribution in [0.4, 0.5) is 0 Å². The van der Waals surface area contributed by atoms with Crippen molar-refractivity contribution in [1.82, 2.24) is 0 Å². The highest BCUT2D eigenvalue weighted by Gasteiger charge is 2.31. The van der Waals surface area contributed by atoms with Crippen LogP contribution in [0.5, 0.6) is 0 Å². The first-order valence-electron chi connectivity index (χ1n) is 7.16. The lowest BCUT2D eigenvalue weighted by Crippen LogP contribution is -2.27. The van der Waals surface area contributed by atoms with Crippen LogP contribution in [0.3, 0.4) is 0 Å². The fourth-order valence-electron chi connectivity index (χ4n) is 2.95. The fraction of sp³-hybridized carbons (Fsp3) is 0.625. The topological polar surface area (TPSA) is 35.2 Å². The normalized spacial score (nSPS) is 25.3. The summed E-state index contributed by atoms with van der Waals surface area (Å²) in [5.74, 6) is 0.461. The SMILES string of the molecule is CCc1ccc(CC)c(C(N)C2CCOC2C)c1. The van der Waals surface area contributed by atoms with Gasteiger partial charge in [-0.05, 0) is 42.9 Å². The van der Waals surface area contributed by atoms with E-state index in [0.717, 1.165) is 25.9 Å². The Hall–Kier alpha value is -0.860. The first kappa shape index (κ1) is 13.6. The van der Waals surface area contributed by atoms with Gasteiger partial charge in [0.05, 0.1) is 6.10 Å². The Bertz CT molecular complexity index is 402. The van der Waals surface area contributed by atoms with Gasteiger partial charge in [0.2, 0.25) is 0 Å². The van der Waals surface area contributed by atoms with Gasteiger partial charge in [0.15, 0.2) is 0 Å². The highest BCUT2D eigenvalue weighted by atomic mass is 16.5. The molecule has 2 heteroatoms. The minimum absolute atomic E-state index is 0.115. The summed E-state index contributed by atoms with van der Waals surface area (Å²) in [6.07, 6.45) is 3.49. The number of hydrogen-bond donors (Lipinski definition) is 1. The smallest absolute Gasteiger partial charge is 0.0594 e. The molecule has 0 aliphatic carbocycles. The zero-order valence-electron chi connectivity index (χ0n) is 11.8. The highest BCUT2D eigenvalue weighted by Crippen LogP contribution is 2.33. The van der Waals surface area contributed by atoms with E-state index in [0.29, 0.717) is 5.92 Å². The van der Waals surface area contributed by atoms with Gasteiger partial charge in [-0.2, -0.15) is 0 Å². The van der Waals surface area contributed by atoms with Crippen LogP contribution < -0.4 is 5.73 Å². The molecule has 0 amide bonds. The standard InChI is InChI=1S/C16H25NO/c1-4-12-6-7-13(5-2)15(10-12)16(17)14-8-9-18-11(14)3/h6-7,10-11,14,16H,4-5,8-9,17H2,1-3H3. The summed E-state index contributed by atoms with van der Waals surface area (Å²) >= 11 is 0. The number of rotatable bonds is 4. The van der Waals surface area contributed by atoms with Gasteiger partial charge in [-0.1, -0.05) is 32.0 Å². The van der Waals surface area contributed by atoms with Gasteiger partial charge >= 0.3 is 0 Å². The molecule has 3 atom stereocenters. The number of hydrogen-bond acceptors (Lipinski definition) is 2. The van der Waals surface area contributed by atoms with Crippen molar-refractivity contribution in [2.45, 2.75) is 52.2 Å². The molecule has 1 aliphatic rings. The average molecular weight is 247 g/mol. The van der Waals surface area contributed by atoms with E-state index < -0.39 is 0 Å². The molecular weight excluding hydrogens is 222 g/mol. The molecule has 0 bridgehead atoms. The third-order valence-corrected chi connectivity index (χ3v) is 4.25. The summed E-state index contributed by atoms with van der Waals surface area (Å²) in [4.78, 5) is 0. The first-order valence-corrected chi connectivity index (χ1v) is 7.16. The van der Waals surface area contributed by atoms with Crippen molar-refractivity contribution < 1.29 is 4.74 Å². The fourth-order valence-corrected chi connectivity index (χ4v) is 2.95. The van der Waals surface area contributed by atoms with Gasteiger partial charge in [0, 0.05) is 18.6 Å². The van der Waals surface area contributed by atoms with Gasteiger partial charge in [0.1, 0.15) is 0 Å². The Morgan fingerprint density at radius 3 is 2.67 bits per heavy atom. The highest BCUT2D eigenvalue weighted by molar-refractivity contribution is 5.35. The lowest BCUT2D eigenvalue weighted by Gasteiger charge is -2.25. The van der Waals surface area contributed by atoms with Crippen LogP contribution in [0, 0.1) is 5.92 Å². The molecule has 2 N–H and O–H groups in total. The Kier molecular flexibility index (Phi) is 4.41. The second-order valence-electron chi connectivity index (χ2n) is 5.29. The largest absolute Gasteiger partial charge is 0.378 e. The maximum Gasteiger partial charge on any atom is 0.0594 e. The molecule has 3 unspecified atom stereocenters. The van der Waals surface area contributed by atoms with Crippen molar-refractivity contribution in [3.05, 3.63) is 34.9 Å². The van der Waals surface area contributed by atoms with Crippen LogP contribution in [0.25, 0.3) is 0 Å². The van der Waals surface area contributed by atoms with Crippen LogP contribution in [-0.4, -0.2) is 12.7 Å². The zero-order valence-corrected chi connectivity index (χ0v) is 11.8. The summed E-state index contributed by atoms with van der Waals surface area (Å²) in [5, 5.41) is 0. The lowest BCUT2D eigenvalue weighted by atomic mass is 9.85. The van der Waals surface area contributed by atoms with Crippen molar-refractivity contribution in [3.8, 4) is 0 Å². The molecule has 100 valence electrons. The average Bonchev–Trinajstić information content (AvgIpc) is 2.83. The number of nitrogens with two attached hydrogens (primary N) is 1. The van der Waals surface area contributed by atoms with Gasteiger partial charge in [-0.25, -0.2) is 0 Å². The van der Waals surface area contributed by atoms with Gasteiger partial charge in [0.25, 0.3) is 0 Å². The summed E-state index contributed by atoms with van der Waals surface area (Å²) in [5.41, 5.74) is 10.6. The van der Waals surface area contributed by atoms with Crippen LogP contribution in [-0.2, 0) is 17.6 Å². The quantitative estimate of drug-likeness (QED) is 0.886. The second-order valence-corrected chi connectivity index (χ2v) is 5.29. The first-order chi connectivity index (χ1) is 8.67. The van der Waals surface area contributed by atoms with E-state index in [1.54, 1.807) is 0 Å². The third kappa shape index (κ3) is 2.60. The molecule has 1 heterocycles. The molecule has 1 aromatic rings. The van der Waals surface area contributed by atoms with E-state index in [1.807, 2.05) is 0 Å². The number of benzene rings is 1. The van der Waals surface area contributed by atoms with Gasteiger partial charge < -0.3 is 10.5 Å². The molecule has 2 nitrogen and oxygen atoms in total. The van der Waals surface area contributed by atoms with Gasteiger partial charge in [-0.15, -0.1) is 0 Å². The Morgan fingerprint density at radius 1 is 1.33 bits per heavy atom. The molecular formula is C16H25NO. The minimum atomic E-state index is 0.115. The molecule has 0 spiro atoms. The number of aryl methyl sites for hydroxylation is 2. The number of ether oxygens (including phenoxy) is 1. The van der Waals surface area contributed by atoms with E-state index in [4.69, 9.17) is 10.5 Å². The van der Waals surface area contributed by atoms with E-state index in [9.17, 15) is 0 Å². The van der Waals surface area contributed by atoms with Crippen molar-refractivity contribution in [2.24, 2.45) is 11.7 Å². The van der Waals surface area contributed by atoms with Crippen LogP contribution >= 0.6 is 0 Å². The second kappa shape index (κ2) is 5.85. The third-order valence-electron chi connectivity index (χ3n) is 4.25. The van der Waals surface area contributed by atoms with Crippen molar-refractivity contribution in [2.75, 3.05) is 6.61 Å². The van der Waals surface area contributed by atoms with Crippen LogP contribution in [0.1, 0.15) is 49.9 Å². The van der Waals surface area contributed by atoms with E-state index in [2.05, 4.69) is 39.0 Å². The van der Waals surface area contributed by atoms with Crippen molar-refractivity contribution >= 4 is 0 Å². The zero-order chi connectivity index (χ0) is 13.1. The van der Waals surface area contributed by atoms with Gasteiger partial charge in [-0.3, -0.25) is 0 Å². The molecule has 1 fully saturated rings. The summed E-state index contributed by atoms with van der Waals surface area (Å²) in [7, 11) is 0. The molecule has 0 aromatic heterocycles. The summed E-state index contributed by atoms with van der Waals surface area (Å²) in [6, 6.07) is 6.89. The predicted octanol–water partition coefficient (Wildman–Crippen LogP) is 3.24. The van der Waals surface area contributed by atoms with Crippen molar-refractivity contribution in [3.63, 3.8) is 0 Å². The summed E-state index contributed by atoms with van der Waals surface area (Å²) in [6.45, 7) is 7.39. The van der Waals surface area contributed by atoms with Crippen molar-refractivity contribution in [1.29, 1.82) is 0 Å². The minimum Gasteiger partial charge on any atom is -0.378 e. The summed E-state index contributed by atoms with van der Waals surface area (Å²) < 4.78 is 5.66. The van der Waals surface area contributed by atoms with E-state index in [-0.39, 0.29) is 12.1 Å². The molecule has 1 aromatic carbocycles. The van der Waals surface area contributed by atoms with E-state index in [1.165, 1.54) is 16.7 Å². The molecule has 0 saturated carbocycles. The van der Waals surface area contributed by atoms with Crippen LogP contribution in [0.15, 0.2) is 18.2 Å². The van der Waals surface area contributed by atoms with Crippen LogP contribution in [0.2, 0.25) is 0 Å². The maximum absolute atomic E-state index is 6.51. The molecule has 1 saturated heterocycles. The lowest BCUT2D eigenvalue weighted by molar-refractivity contribution is 0.0994. The Balaban J connectivity index is 2.29. The monoisotopic (exact) mass is 247 g/mol. The maximum atomic E-state index is 6.51. The van der Waals surface area contributed by atoms with E-state index >= 15 is 0 Å². The molecule has 1 aliphatic heterocycles. The predicted molar refractivity (Wildman–Crippen MR) is 75.6 cm³/mol. The molecule has 18 heavy (non-hydrogen) atoms. The molecule has 2 rings (SSSR count). The Labute approximate surface area is 111 Å².